The molecule has 1 aromatic rings. The molecule has 0 spiro atoms. The Morgan fingerprint density at radius 2 is 1.63 bits per heavy atom. The summed E-state index contributed by atoms with van der Waals surface area (Å²) >= 11 is 0. The molecular weight excluding hydrogens is 996 g/mol. The maximum absolute atomic E-state index is 15.2. The van der Waals surface area contributed by atoms with Crippen LogP contribution in [0.1, 0.15) is 94.9 Å². The number of carbonyl (C=O) groups is 4. The molecule has 5 saturated heterocycles. The molecule has 0 aromatic heterocycles. The van der Waals surface area contributed by atoms with Crippen molar-refractivity contribution in [3.8, 4) is 0 Å². The molecule has 76 heavy (non-hydrogen) atoms. The van der Waals surface area contributed by atoms with Crippen LogP contribution >= 0.6 is 0 Å². The van der Waals surface area contributed by atoms with Crippen molar-refractivity contribution in [3.63, 3.8) is 0 Å². The van der Waals surface area contributed by atoms with E-state index in [0.717, 1.165) is 0 Å². The lowest BCUT2D eigenvalue weighted by molar-refractivity contribution is -0.318. The van der Waals surface area contributed by atoms with Crippen molar-refractivity contribution in [1.29, 1.82) is 0 Å². The van der Waals surface area contributed by atoms with E-state index in [0.29, 0.717) is 44.1 Å². The van der Waals surface area contributed by atoms with E-state index in [9.17, 15) is 44.7 Å². The lowest BCUT2D eigenvalue weighted by atomic mass is 9.74. The molecule has 19 atom stereocenters. The molecule has 5 aliphatic heterocycles. The Hall–Kier alpha value is -3.91. The minimum atomic E-state index is -2.06. The van der Waals surface area contributed by atoms with E-state index >= 15 is 4.39 Å². The van der Waals surface area contributed by atoms with Gasteiger partial charge in [-0.2, -0.15) is 0 Å². The van der Waals surface area contributed by atoms with Gasteiger partial charge in [-0.25, -0.2) is 9.18 Å². The van der Waals surface area contributed by atoms with Crippen LogP contribution in [-0.2, 0) is 52.3 Å². The molecule has 0 radical (unpaired) electrons. The number of carbonyl (C=O) groups excluding carboxylic acids is 4. The van der Waals surface area contributed by atoms with Crippen LogP contribution in [0.15, 0.2) is 30.4 Å². The van der Waals surface area contributed by atoms with E-state index in [1.54, 1.807) is 73.7 Å². The average molecular weight is 1080 g/mol. The molecule has 5 aliphatic rings. The SMILES string of the molecule is CC[C@H]1OC(=O)[C@H](C)[C@@H](O[C@@H]2C[C@@](C)(OC)[C@@H](O)[C@H](C)O2)[C@H](C)[C@@H](O[C@@H]2O[C@H](C)C[C@H](N(C)C/C=C/C(=O)NC[C@H]3CN(c4ccc(N5CCOCC5)c(F)c4)C(=O)O3)[C@H]2O)[C@](C)(O)C[C@@H](C)C(=O)[C@H](C)[C@@H](O)[C@]1(C)O. The molecule has 2 amide bonds. The molecule has 0 aliphatic carbocycles. The third-order valence-electron chi connectivity index (χ3n) is 16.4. The number of anilines is 2. The van der Waals surface area contributed by atoms with E-state index in [1.807, 2.05) is 9.80 Å². The number of ketones is 1. The number of rotatable bonds is 14. The number of esters is 1. The Balaban J connectivity index is 1.17. The normalized spacial score (nSPS) is 40.5. The zero-order chi connectivity index (χ0) is 56.2. The lowest BCUT2D eigenvalue weighted by Gasteiger charge is -2.49. The third-order valence-corrected chi connectivity index (χ3v) is 16.4. The van der Waals surface area contributed by atoms with Gasteiger partial charge in [-0.05, 0) is 86.1 Å². The molecule has 22 heteroatoms. The minimum Gasteiger partial charge on any atom is -0.459 e. The first-order valence-electron chi connectivity index (χ1n) is 26.8. The second-order valence-corrected chi connectivity index (χ2v) is 22.4. The minimum absolute atomic E-state index is 0.00221. The van der Waals surface area contributed by atoms with Crippen LogP contribution in [0.25, 0.3) is 0 Å². The van der Waals surface area contributed by atoms with Crippen molar-refractivity contribution in [1.82, 2.24) is 10.2 Å². The molecule has 5 heterocycles. The summed E-state index contributed by atoms with van der Waals surface area (Å²) in [5, 5.41) is 61.9. The number of nitrogens with zero attached hydrogens (tertiary/aromatic N) is 3. The highest BCUT2D eigenvalue weighted by Gasteiger charge is 2.54. The highest BCUT2D eigenvalue weighted by atomic mass is 19.1. The zero-order valence-corrected chi connectivity index (χ0v) is 46.3. The molecule has 0 bridgehead atoms. The van der Waals surface area contributed by atoms with Crippen molar-refractivity contribution < 1.29 is 87.0 Å². The summed E-state index contributed by atoms with van der Waals surface area (Å²) in [5.74, 6) is -6.43. The topological polar surface area (TPSA) is 265 Å². The summed E-state index contributed by atoms with van der Waals surface area (Å²) in [7, 11) is 3.21. The third kappa shape index (κ3) is 13.9. The monoisotopic (exact) mass is 1080 g/mol. The highest BCUT2D eigenvalue weighted by molar-refractivity contribution is 5.90. The van der Waals surface area contributed by atoms with Crippen LogP contribution in [0.4, 0.5) is 20.6 Å². The van der Waals surface area contributed by atoms with Gasteiger partial charge >= 0.3 is 12.1 Å². The molecule has 6 rings (SSSR count). The van der Waals surface area contributed by atoms with Crippen molar-refractivity contribution in [2.24, 2.45) is 23.7 Å². The summed E-state index contributed by atoms with van der Waals surface area (Å²) in [5.41, 5.74) is -4.36. The fraction of sp³-hybridized carbons (Fsp3) is 0.778. The number of methoxy groups -OCH3 is 1. The van der Waals surface area contributed by atoms with E-state index < -0.39 is 144 Å². The molecule has 0 saturated carbocycles. The van der Waals surface area contributed by atoms with E-state index in [4.69, 9.17) is 37.9 Å². The Morgan fingerprint density at radius 1 is 0.947 bits per heavy atom. The number of amides is 2. The number of benzene rings is 1. The van der Waals surface area contributed by atoms with Crippen LogP contribution in [-0.4, -0.2) is 205 Å². The van der Waals surface area contributed by atoms with Gasteiger partial charge in [0.25, 0.3) is 0 Å². The highest BCUT2D eigenvalue weighted by Crippen LogP contribution is 2.41. The first-order valence-corrected chi connectivity index (χ1v) is 26.8. The summed E-state index contributed by atoms with van der Waals surface area (Å²) in [6.45, 7) is 18.3. The van der Waals surface area contributed by atoms with Gasteiger partial charge in [-0.15, -0.1) is 0 Å². The number of hydrogen-bond acceptors (Lipinski definition) is 19. The molecule has 6 N–H and O–H groups in total. The Kier molecular flexibility index (Phi) is 20.5. The standard InChI is InChI=1S/C54H85FN4O17/c1-13-40-54(10,68)46(63)31(4)43(61)29(2)25-52(8,67)48(32(5)45(33(6)49(65)74-40)75-42-26-53(9,69-12)47(64)34(7)72-42)76-50-44(62)39(23-30(3)71-50)57(11)18-14-15-41(60)56-27-36-28-59(51(66)73-36)35-16-17-38(37(55)24-35)58-19-21-70-22-20-58/h14-17,24,29-34,36,39-40,42,44-48,50,62-64,67-68H,13,18-23,25-28H2,1-12H3,(H,56,60)/b15-14+/t29-,30-,31+,32+,33-,34+,36+,39+,40-,42-,44-,45+,46-,47+,48-,50+,52-,53-,54-/m1/s1. The number of Topliss-reactive ketones (excluding diaryl/α,β-unsaturated/α-hetero) is 1. The van der Waals surface area contributed by atoms with E-state index in [-0.39, 0.29) is 38.9 Å². The fourth-order valence-electron chi connectivity index (χ4n) is 11.6. The van der Waals surface area contributed by atoms with Gasteiger partial charge in [0.15, 0.2) is 12.6 Å². The molecule has 5 fully saturated rings. The van der Waals surface area contributed by atoms with Crippen LogP contribution < -0.4 is 15.1 Å². The van der Waals surface area contributed by atoms with Crippen LogP contribution in [0.3, 0.4) is 0 Å². The molecule has 0 unspecified atom stereocenters. The quantitative estimate of drug-likeness (QED) is 0.116. The summed E-state index contributed by atoms with van der Waals surface area (Å²) < 4.78 is 63.6. The van der Waals surface area contributed by atoms with Crippen molar-refractivity contribution in [2.45, 2.75) is 185 Å². The number of cyclic esters (lactones) is 2. The van der Waals surface area contributed by atoms with Gasteiger partial charge in [0, 0.05) is 63.0 Å². The first kappa shape index (κ1) is 61.3. The first-order chi connectivity index (χ1) is 35.6. The van der Waals surface area contributed by atoms with Crippen LogP contribution in [0, 0.1) is 29.5 Å². The van der Waals surface area contributed by atoms with E-state index in [1.165, 1.54) is 44.9 Å². The fourth-order valence-corrected chi connectivity index (χ4v) is 11.6. The molecule has 1 aromatic carbocycles. The average Bonchev–Trinajstić information content (AvgIpc) is 3.76. The number of halogens is 1. The van der Waals surface area contributed by atoms with Crippen molar-refractivity contribution >= 4 is 35.1 Å². The lowest BCUT2D eigenvalue weighted by Crippen LogP contribution is -2.61. The van der Waals surface area contributed by atoms with Gasteiger partial charge in [0.05, 0.1) is 85.3 Å². The number of ether oxygens (including phenoxy) is 8. The molecule has 21 nitrogen and oxygen atoms in total. The maximum atomic E-state index is 15.2. The van der Waals surface area contributed by atoms with Crippen molar-refractivity contribution in [3.05, 3.63) is 36.2 Å². The van der Waals surface area contributed by atoms with Crippen LogP contribution in [0.5, 0.6) is 0 Å². The Morgan fingerprint density at radius 3 is 2.28 bits per heavy atom. The number of likely N-dealkylation sites (N-methyl/N-ethyl adjacent to an activating group) is 1. The number of nitrogens with one attached hydrogen (secondary N) is 1. The predicted octanol–water partition coefficient (Wildman–Crippen LogP) is 2.83. The summed E-state index contributed by atoms with van der Waals surface area (Å²) in [6, 6.07) is 3.96. The maximum Gasteiger partial charge on any atom is 0.414 e. The second kappa shape index (κ2) is 25.5. The van der Waals surface area contributed by atoms with Gasteiger partial charge < -0.3 is 73.6 Å². The van der Waals surface area contributed by atoms with Gasteiger partial charge in [-0.3, -0.25) is 24.2 Å². The van der Waals surface area contributed by atoms with Gasteiger partial charge in [0.2, 0.25) is 5.91 Å². The number of morpholine rings is 1. The van der Waals surface area contributed by atoms with Crippen molar-refractivity contribution in [2.75, 3.05) is 69.9 Å². The zero-order valence-electron chi connectivity index (χ0n) is 46.3. The summed E-state index contributed by atoms with van der Waals surface area (Å²) in [6.07, 6.45) is -9.79. The predicted molar refractivity (Wildman–Crippen MR) is 274 cm³/mol. The molecular formula is C54H85FN4O17. The van der Waals surface area contributed by atoms with Gasteiger partial charge in [0.1, 0.15) is 41.6 Å². The Labute approximate surface area is 446 Å². The van der Waals surface area contributed by atoms with E-state index in [2.05, 4.69) is 5.32 Å². The summed E-state index contributed by atoms with van der Waals surface area (Å²) in [4.78, 5) is 59.3. The van der Waals surface area contributed by atoms with Crippen LogP contribution in [0.2, 0.25) is 0 Å². The molecule has 430 valence electrons. The Bertz CT molecular complexity index is 2180. The second-order valence-electron chi connectivity index (χ2n) is 22.4. The smallest absolute Gasteiger partial charge is 0.414 e. The van der Waals surface area contributed by atoms with Gasteiger partial charge in [-0.1, -0.05) is 33.8 Å². The number of aliphatic hydroxyl groups is 5. The number of aliphatic hydroxyl groups excluding tert-OH is 3. The largest absolute Gasteiger partial charge is 0.459 e. The number of hydrogen-bond donors (Lipinski definition) is 6.